The fraction of sp³-hybridized carbons (Fsp3) is 0.500. The molecule has 3 aliphatic heterocycles. The number of carbonyl (C=O) groups excluding carboxylic acids is 2. The number of amides is 3. The average molecular weight is 606 g/mol. The molecule has 3 heterocycles. The molecule has 0 unspecified atom stereocenters. The molecule has 3 fully saturated rings. The fourth-order valence-corrected chi connectivity index (χ4v) is 8.22. The monoisotopic (exact) mass is 605 g/mol. The van der Waals surface area contributed by atoms with Gasteiger partial charge in [-0.2, -0.15) is 5.26 Å². The van der Waals surface area contributed by atoms with Gasteiger partial charge >= 0.3 is 6.09 Å². The number of likely N-dealkylation sites (tertiary alicyclic amines) is 1. The zero-order valence-electron chi connectivity index (χ0n) is 24.8. The van der Waals surface area contributed by atoms with Crippen LogP contribution in [0.25, 0.3) is 0 Å². The van der Waals surface area contributed by atoms with Crippen LogP contribution in [0.3, 0.4) is 0 Å². The normalized spacial score (nSPS) is 24.6. The van der Waals surface area contributed by atoms with Gasteiger partial charge in [0, 0.05) is 85.9 Å². The van der Waals surface area contributed by atoms with Crippen LogP contribution < -0.4 is 4.74 Å². The van der Waals surface area contributed by atoms with Crippen molar-refractivity contribution in [3.63, 3.8) is 0 Å². The second-order valence-electron chi connectivity index (χ2n) is 13.3. The number of halogens is 1. The SMILES string of the molecule is CC1(C)C(Oc2ccc(C#N)c(Cl)c2)C(C)(C)C1N1Cc2cc(C(=O)N3CCN(C4CN(C(=O)O)C4)CC3)ccc2C1=O. The average Bonchev–Trinajstić information content (AvgIpc) is 3.24. The van der Waals surface area contributed by atoms with Gasteiger partial charge in [0.05, 0.1) is 10.6 Å². The summed E-state index contributed by atoms with van der Waals surface area (Å²) in [4.78, 5) is 45.6. The molecule has 11 heteroatoms. The van der Waals surface area contributed by atoms with E-state index in [0.717, 1.165) is 5.56 Å². The first-order valence-corrected chi connectivity index (χ1v) is 15.0. The zero-order chi connectivity index (χ0) is 30.8. The van der Waals surface area contributed by atoms with Gasteiger partial charge in [0.25, 0.3) is 11.8 Å². The summed E-state index contributed by atoms with van der Waals surface area (Å²) < 4.78 is 6.42. The molecule has 0 spiro atoms. The molecule has 0 aromatic heterocycles. The Labute approximate surface area is 256 Å². The first-order valence-electron chi connectivity index (χ1n) is 14.6. The van der Waals surface area contributed by atoms with E-state index >= 15 is 0 Å². The minimum Gasteiger partial charge on any atom is -0.489 e. The van der Waals surface area contributed by atoms with Crippen molar-refractivity contribution in [1.29, 1.82) is 5.26 Å². The van der Waals surface area contributed by atoms with E-state index < -0.39 is 6.09 Å². The van der Waals surface area contributed by atoms with Crippen molar-refractivity contribution in [3.8, 4) is 11.8 Å². The maximum atomic E-state index is 13.7. The molecule has 2 aromatic rings. The van der Waals surface area contributed by atoms with Gasteiger partial charge in [-0.05, 0) is 35.9 Å². The van der Waals surface area contributed by atoms with Gasteiger partial charge in [-0.1, -0.05) is 39.3 Å². The topological polar surface area (TPSA) is 117 Å². The van der Waals surface area contributed by atoms with Crippen LogP contribution in [0.2, 0.25) is 5.02 Å². The standard InChI is InChI=1S/C32H36ClN5O5/c1-31(2)28(32(3,4)29(31)43-23-7-5-20(15-34)25(33)14-23)38-16-21-13-19(6-8-24(21)27(38)40)26(39)36-11-9-35(10-12-36)22-17-37(18-22)30(41)42/h5-8,13-14,22,28-29H,9-12,16-18H2,1-4H3,(H,41,42). The summed E-state index contributed by atoms with van der Waals surface area (Å²) >= 11 is 6.24. The molecule has 1 aliphatic carbocycles. The van der Waals surface area contributed by atoms with Crippen molar-refractivity contribution in [2.24, 2.45) is 10.8 Å². The molecule has 226 valence electrons. The number of hydrogen-bond donors (Lipinski definition) is 1. The van der Waals surface area contributed by atoms with Crippen molar-refractivity contribution < 1.29 is 24.2 Å². The molecule has 0 radical (unpaired) electrons. The van der Waals surface area contributed by atoms with Crippen LogP contribution in [0.5, 0.6) is 5.75 Å². The van der Waals surface area contributed by atoms with Gasteiger partial charge in [0.2, 0.25) is 0 Å². The highest BCUT2D eigenvalue weighted by molar-refractivity contribution is 6.31. The number of fused-ring (bicyclic) bond motifs is 1. The number of ether oxygens (including phenoxy) is 1. The highest BCUT2D eigenvalue weighted by atomic mass is 35.5. The van der Waals surface area contributed by atoms with Gasteiger partial charge in [-0.15, -0.1) is 0 Å². The van der Waals surface area contributed by atoms with Crippen molar-refractivity contribution >= 4 is 29.5 Å². The Bertz CT molecular complexity index is 1520. The second kappa shape index (κ2) is 10.4. The van der Waals surface area contributed by atoms with Crippen LogP contribution in [0.4, 0.5) is 4.79 Å². The number of rotatable bonds is 5. The van der Waals surface area contributed by atoms with Crippen LogP contribution in [-0.2, 0) is 6.54 Å². The Kier molecular flexibility index (Phi) is 7.09. The molecular formula is C32H36ClN5O5. The van der Waals surface area contributed by atoms with Crippen molar-refractivity contribution in [1.82, 2.24) is 19.6 Å². The zero-order valence-corrected chi connectivity index (χ0v) is 25.6. The molecule has 1 saturated carbocycles. The van der Waals surface area contributed by atoms with Crippen LogP contribution in [-0.4, -0.2) is 100 Å². The summed E-state index contributed by atoms with van der Waals surface area (Å²) in [5, 5.41) is 18.6. The van der Waals surface area contributed by atoms with Crippen LogP contribution >= 0.6 is 11.6 Å². The Morgan fingerprint density at radius 3 is 2.28 bits per heavy atom. The molecule has 2 saturated heterocycles. The van der Waals surface area contributed by atoms with Gasteiger partial charge in [-0.25, -0.2) is 4.79 Å². The van der Waals surface area contributed by atoms with E-state index in [0.29, 0.717) is 73.3 Å². The smallest absolute Gasteiger partial charge is 0.407 e. The van der Waals surface area contributed by atoms with E-state index in [9.17, 15) is 19.6 Å². The van der Waals surface area contributed by atoms with Gasteiger partial charge in [0.1, 0.15) is 17.9 Å². The van der Waals surface area contributed by atoms with Gasteiger partial charge < -0.3 is 24.5 Å². The number of carboxylic acid groups (broad SMARTS) is 1. The third-order valence-corrected chi connectivity index (χ3v) is 10.1. The molecule has 0 atom stereocenters. The van der Waals surface area contributed by atoms with Crippen molar-refractivity contribution in [2.45, 2.75) is 52.4 Å². The first kappa shape index (κ1) is 29.3. The second-order valence-corrected chi connectivity index (χ2v) is 13.7. The maximum absolute atomic E-state index is 13.7. The molecule has 0 bridgehead atoms. The lowest BCUT2D eigenvalue weighted by Gasteiger charge is -2.65. The molecule has 43 heavy (non-hydrogen) atoms. The Balaban J connectivity index is 1.11. The molecule has 1 N–H and O–H groups in total. The summed E-state index contributed by atoms with van der Waals surface area (Å²) in [7, 11) is 0. The summed E-state index contributed by atoms with van der Waals surface area (Å²) in [6.45, 7) is 12.5. The van der Waals surface area contributed by atoms with E-state index in [1.54, 1.807) is 30.3 Å². The largest absolute Gasteiger partial charge is 0.489 e. The Morgan fingerprint density at radius 2 is 1.67 bits per heavy atom. The number of benzene rings is 2. The van der Waals surface area contributed by atoms with Crippen LogP contribution in [0.15, 0.2) is 36.4 Å². The minimum absolute atomic E-state index is 0.0375. The fourth-order valence-electron chi connectivity index (χ4n) is 8.01. The molecule has 6 rings (SSSR count). The third kappa shape index (κ3) is 4.79. The first-order chi connectivity index (χ1) is 20.3. The van der Waals surface area contributed by atoms with Crippen molar-refractivity contribution in [3.05, 3.63) is 63.7 Å². The lowest BCUT2D eigenvalue weighted by molar-refractivity contribution is -0.199. The van der Waals surface area contributed by atoms with E-state index in [2.05, 4.69) is 38.7 Å². The molecule has 10 nitrogen and oxygen atoms in total. The van der Waals surface area contributed by atoms with Crippen LogP contribution in [0.1, 0.15) is 59.5 Å². The van der Waals surface area contributed by atoms with E-state index in [4.69, 9.17) is 21.4 Å². The predicted octanol–water partition coefficient (Wildman–Crippen LogP) is 4.17. The molecule has 2 aromatic carbocycles. The number of piperazine rings is 1. The minimum atomic E-state index is -0.884. The highest BCUT2D eigenvalue weighted by Crippen LogP contribution is 2.59. The quantitative estimate of drug-likeness (QED) is 0.544. The summed E-state index contributed by atoms with van der Waals surface area (Å²) in [5.41, 5.74) is 1.71. The van der Waals surface area contributed by atoms with E-state index in [-0.39, 0.29) is 40.8 Å². The predicted molar refractivity (Wildman–Crippen MR) is 159 cm³/mol. The number of nitriles is 1. The van der Waals surface area contributed by atoms with Crippen LogP contribution in [0, 0.1) is 22.2 Å². The van der Waals surface area contributed by atoms with E-state index in [1.807, 2.05) is 15.9 Å². The Morgan fingerprint density at radius 1 is 1.00 bits per heavy atom. The summed E-state index contributed by atoms with van der Waals surface area (Å²) in [5.74, 6) is 0.501. The lowest BCUT2D eigenvalue weighted by Crippen LogP contribution is -2.74. The maximum Gasteiger partial charge on any atom is 0.407 e. The number of hydrogen-bond acceptors (Lipinski definition) is 6. The van der Waals surface area contributed by atoms with Gasteiger partial charge in [0.15, 0.2) is 0 Å². The molecular weight excluding hydrogens is 570 g/mol. The van der Waals surface area contributed by atoms with Crippen molar-refractivity contribution in [2.75, 3.05) is 39.3 Å². The number of carbonyl (C=O) groups is 3. The Hall–Kier alpha value is -3.81. The third-order valence-electron chi connectivity index (χ3n) is 9.82. The molecule has 3 amide bonds. The van der Waals surface area contributed by atoms with Gasteiger partial charge in [-0.3, -0.25) is 14.5 Å². The summed E-state index contributed by atoms with van der Waals surface area (Å²) in [6.07, 6.45) is -1.08. The van der Waals surface area contributed by atoms with E-state index in [1.165, 1.54) is 4.90 Å². The molecule has 4 aliphatic rings. The highest BCUT2D eigenvalue weighted by Gasteiger charge is 2.67. The number of nitrogens with zero attached hydrogens (tertiary/aromatic N) is 5. The summed E-state index contributed by atoms with van der Waals surface area (Å²) in [6, 6.07) is 12.6. The lowest BCUT2D eigenvalue weighted by atomic mass is 9.49.